The maximum absolute atomic E-state index is 5.28. The van der Waals surface area contributed by atoms with Crippen LogP contribution in [0.1, 0.15) is 105 Å². The molecule has 3 atom stereocenters. The van der Waals surface area contributed by atoms with E-state index in [1.54, 1.807) is 11.1 Å². The van der Waals surface area contributed by atoms with Crippen molar-refractivity contribution in [2.45, 2.75) is 113 Å². The molecule has 27 heavy (non-hydrogen) atoms. The number of aryl methyl sites for hydroxylation is 1. The second-order valence-corrected chi connectivity index (χ2v) is 7.49. The number of fused-ring (bicyclic) bond motifs is 1. The van der Waals surface area contributed by atoms with Crippen LogP contribution in [0.3, 0.4) is 0 Å². The highest BCUT2D eigenvalue weighted by atomic mass is 16.5. The van der Waals surface area contributed by atoms with Gasteiger partial charge in [-0.3, -0.25) is 0 Å². The molecule has 0 N–H and O–H groups in total. The van der Waals surface area contributed by atoms with Crippen LogP contribution in [0.5, 0.6) is 0 Å². The Morgan fingerprint density at radius 2 is 1.30 bits per heavy atom. The molecule has 1 aromatic carbocycles. The minimum absolute atomic E-state index is 0. The molecule has 3 aliphatic rings. The number of rotatable bonds is 0. The van der Waals surface area contributed by atoms with Crippen molar-refractivity contribution < 1.29 is 9.47 Å². The van der Waals surface area contributed by atoms with E-state index < -0.39 is 0 Å². The minimum atomic E-state index is 0. The summed E-state index contributed by atoms with van der Waals surface area (Å²) in [5, 5.41) is 0. The molecule has 0 amide bonds. The topological polar surface area (TPSA) is 18.5 Å². The highest BCUT2D eigenvalue weighted by molar-refractivity contribution is 5.31. The maximum Gasteiger partial charge on any atom is 0.0547 e. The SMILES string of the molecule is C.C.C.CC1CCCCO1.CC1CCCO1.CC1CCCc2ccccc21. The van der Waals surface area contributed by atoms with Gasteiger partial charge in [0.15, 0.2) is 0 Å². The number of hydrogen-bond donors (Lipinski definition) is 0. The Labute approximate surface area is 171 Å². The van der Waals surface area contributed by atoms with E-state index in [2.05, 4.69) is 45.0 Å². The molecular formula is C25H48O2. The normalized spacial score (nSPS) is 25.5. The van der Waals surface area contributed by atoms with E-state index in [1.165, 1.54) is 51.4 Å². The monoisotopic (exact) mass is 380 g/mol. The summed E-state index contributed by atoms with van der Waals surface area (Å²) < 4.78 is 10.4. The predicted molar refractivity (Wildman–Crippen MR) is 122 cm³/mol. The highest BCUT2D eigenvalue weighted by Crippen LogP contribution is 2.30. The highest BCUT2D eigenvalue weighted by Gasteiger charge is 2.14. The predicted octanol–water partition coefficient (Wildman–Crippen LogP) is 7.80. The van der Waals surface area contributed by atoms with E-state index >= 15 is 0 Å². The largest absolute Gasteiger partial charge is 0.379 e. The third kappa shape index (κ3) is 10.9. The van der Waals surface area contributed by atoms with Crippen LogP contribution in [-0.2, 0) is 15.9 Å². The molecule has 2 heteroatoms. The van der Waals surface area contributed by atoms with Crippen molar-refractivity contribution in [3.05, 3.63) is 35.4 Å². The summed E-state index contributed by atoms with van der Waals surface area (Å²) in [4.78, 5) is 0. The van der Waals surface area contributed by atoms with E-state index in [-0.39, 0.29) is 22.3 Å². The summed E-state index contributed by atoms with van der Waals surface area (Å²) in [6.07, 6.45) is 11.5. The maximum atomic E-state index is 5.28. The van der Waals surface area contributed by atoms with E-state index in [0.29, 0.717) is 12.2 Å². The summed E-state index contributed by atoms with van der Waals surface area (Å²) in [5.41, 5.74) is 3.16. The van der Waals surface area contributed by atoms with E-state index in [4.69, 9.17) is 9.47 Å². The average molecular weight is 381 g/mol. The summed E-state index contributed by atoms with van der Waals surface area (Å²) >= 11 is 0. The summed E-state index contributed by atoms with van der Waals surface area (Å²) in [6.45, 7) is 8.56. The Balaban J connectivity index is 0. The van der Waals surface area contributed by atoms with E-state index in [9.17, 15) is 0 Å². The van der Waals surface area contributed by atoms with Crippen molar-refractivity contribution in [1.82, 2.24) is 0 Å². The molecular weight excluding hydrogens is 332 g/mol. The Kier molecular flexibility index (Phi) is 16.9. The Morgan fingerprint density at radius 3 is 1.74 bits per heavy atom. The second kappa shape index (κ2) is 16.1. The van der Waals surface area contributed by atoms with Gasteiger partial charge in [0, 0.05) is 13.2 Å². The van der Waals surface area contributed by atoms with Crippen LogP contribution in [0.15, 0.2) is 24.3 Å². The van der Waals surface area contributed by atoms with Gasteiger partial charge in [0.05, 0.1) is 12.2 Å². The molecule has 0 spiro atoms. The zero-order valence-corrected chi connectivity index (χ0v) is 15.9. The van der Waals surface area contributed by atoms with Crippen molar-refractivity contribution in [1.29, 1.82) is 0 Å². The van der Waals surface area contributed by atoms with Crippen LogP contribution in [-0.4, -0.2) is 25.4 Å². The van der Waals surface area contributed by atoms with Crippen LogP contribution >= 0.6 is 0 Å². The third-order valence-electron chi connectivity index (χ3n) is 5.23. The number of benzene rings is 1. The van der Waals surface area contributed by atoms with Gasteiger partial charge in [0.25, 0.3) is 0 Å². The van der Waals surface area contributed by atoms with Gasteiger partial charge in [-0.25, -0.2) is 0 Å². The molecule has 160 valence electrons. The Hall–Kier alpha value is -0.860. The van der Waals surface area contributed by atoms with Crippen LogP contribution < -0.4 is 0 Å². The lowest BCUT2D eigenvalue weighted by Crippen LogP contribution is -2.14. The fourth-order valence-corrected chi connectivity index (χ4v) is 3.64. The summed E-state index contributed by atoms with van der Waals surface area (Å²) in [6, 6.07) is 8.85. The van der Waals surface area contributed by atoms with Gasteiger partial charge in [-0.15, -0.1) is 0 Å². The number of hydrogen-bond acceptors (Lipinski definition) is 2. The molecule has 0 bridgehead atoms. The first-order chi connectivity index (χ1) is 11.7. The molecule has 0 aromatic heterocycles. The molecule has 0 radical (unpaired) electrons. The molecule has 1 aromatic rings. The van der Waals surface area contributed by atoms with Gasteiger partial charge in [0.1, 0.15) is 0 Å². The van der Waals surface area contributed by atoms with Crippen molar-refractivity contribution in [2.24, 2.45) is 0 Å². The molecule has 4 rings (SSSR count). The zero-order chi connectivity index (χ0) is 17.2. The summed E-state index contributed by atoms with van der Waals surface area (Å²) in [7, 11) is 0. The van der Waals surface area contributed by atoms with Gasteiger partial charge >= 0.3 is 0 Å². The lowest BCUT2D eigenvalue weighted by atomic mass is 9.84. The third-order valence-corrected chi connectivity index (χ3v) is 5.23. The van der Waals surface area contributed by atoms with E-state index in [0.717, 1.165) is 19.1 Å². The van der Waals surface area contributed by atoms with Gasteiger partial charge in [0.2, 0.25) is 0 Å². The Morgan fingerprint density at radius 1 is 0.704 bits per heavy atom. The molecule has 2 aliphatic heterocycles. The molecule has 0 saturated carbocycles. The van der Waals surface area contributed by atoms with Gasteiger partial charge < -0.3 is 9.47 Å². The van der Waals surface area contributed by atoms with E-state index in [1.807, 2.05) is 0 Å². The molecule has 3 unspecified atom stereocenters. The van der Waals surface area contributed by atoms with Crippen LogP contribution in [0.25, 0.3) is 0 Å². The number of ether oxygens (including phenoxy) is 2. The fraction of sp³-hybridized carbons (Fsp3) is 0.760. The molecule has 2 saturated heterocycles. The van der Waals surface area contributed by atoms with Crippen molar-refractivity contribution in [2.75, 3.05) is 13.2 Å². The first-order valence-corrected chi connectivity index (χ1v) is 9.98. The average Bonchev–Trinajstić information content (AvgIpc) is 3.08. The lowest BCUT2D eigenvalue weighted by molar-refractivity contribution is 0.0285. The molecule has 1 aliphatic carbocycles. The zero-order valence-electron chi connectivity index (χ0n) is 15.9. The van der Waals surface area contributed by atoms with Crippen molar-refractivity contribution in [3.63, 3.8) is 0 Å². The lowest BCUT2D eigenvalue weighted by Gasteiger charge is -2.21. The Bertz CT molecular complexity index is 445. The first kappa shape index (κ1) is 28.4. The van der Waals surface area contributed by atoms with Crippen LogP contribution in [0.2, 0.25) is 0 Å². The smallest absolute Gasteiger partial charge is 0.0547 e. The van der Waals surface area contributed by atoms with Crippen molar-refractivity contribution in [3.8, 4) is 0 Å². The summed E-state index contributed by atoms with van der Waals surface area (Å²) in [5.74, 6) is 0.792. The second-order valence-electron chi connectivity index (χ2n) is 7.49. The molecule has 2 fully saturated rings. The van der Waals surface area contributed by atoms with Gasteiger partial charge in [-0.2, -0.15) is 0 Å². The van der Waals surface area contributed by atoms with Crippen LogP contribution in [0, 0.1) is 0 Å². The first-order valence-electron chi connectivity index (χ1n) is 9.98. The molecule has 2 nitrogen and oxygen atoms in total. The van der Waals surface area contributed by atoms with Crippen molar-refractivity contribution >= 4 is 0 Å². The standard InChI is InChI=1S/C11H14.C6H12O.C5H10O.3CH4/c1-9-5-4-7-10-6-2-3-8-11(9)10;1-6-4-2-3-5-7-6;1-5-3-2-4-6-5;;;/h2-3,6,8-9H,4-5,7H2,1H3;6H,2-5H2,1H3;5H,2-4H2,1H3;3*1H4. The quantitative estimate of drug-likeness (QED) is 0.457. The molecule has 2 heterocycles. The minimum Gasteiger partial charge on any atom is -0.379 e. The van der Waals surface area contributed by atoms with Crippen LogP contribution in [0.4, 0.5) is 0 Å². The van der Waals surface area contributed by atoms with Gasteiger partial charge in [-0.1, -0.05) is 53.5 Å². The fourth-order valence-electron chi connectivity index (χ4n) is 3.64. The van der Waals surface area contributed by atoms with Gasteiger partial charge in [-0.05, 0) is 82.3 Å².